The van der Waals surface area contributed by atoms with E-state index in [1.807, 2.05) is 54.6 Å². The van der Waals surface area contributed by atoms with Crippen molar-refractivity contribution in [3.8, 4) is 5.75 Å². The van der Waals surface area contributed by atoms with Gasteiger partial charge in [0.05, 0.1) is 5.69 Å². The van der Waals surface area contributed by atoms with Crippen molar-refractivity contribution < 1.29 is 24.2 Å². The standard InChI is InChI=1S/C36H32N2O5/c1-24(39)29-20-17-26-9-5-6-12-30(26)34(29)37-21-22-43-28-18-15-25(16-19-28)23-33(36(41)42)38-32-14-8-7-13-31(32)35(40)27-10-3-2-4-11-27/h2-20,33,37-38H,21-23H2,1H3,(H,41,42). The Kier molecular flexibility index (Phi) is 9.12. The van der Waals surface area contributed by atoms with Crippen molar-refractivity contribution in [1.82, 2.24) is 0 Å². The lowest BCUT2D eigenvalue weighted by atomic mass is 10.00. The first-order valence-corrected chi connectivity index (χ1v) is 14.1. The molecule has 0 amide bonds. The van der Waals surface area contributed by atoms with E-state index in [1.54, 1.807) is 67.6 Å². The number of fused-ring (bicyclic) bond motifs is 1. The maximum atomic E-state index is 13.1. The highest BCUT2D eigenvalue weighted by Gasteiger charge is 2.21. The van der Waals surface area contributed by atoms with Crippen molar-refractivity contribution in [1.29, 1.82) is 0 Å². The molecule has 0 heterocycles. The van der Waals surface area contributed by atoms with Gasteiger partial charge in [-0.2, -0.15) is 0 Å². The minimum Gasteiger partial charge on any atom is -0.492 e. The number of aliphatic carboxylic acids is 1. The average molecular weight is 573 g/mol. The molecular weight excluding hydrogens is 540 g/mol. The number of benzene rings is 5. The number of ether oxygens (including phenoxy) is 1. The van der Waals surface area contributed by atoms with E-state index in [9.17, 15) is 19.5 Å². The molecule has 0 aromatic heterocycles. The van der Waals surface area contributed by atoms with Crippen molar-refractivity contribution in [3.63, 3.8) is 0 Å². The van der Waals surface area contributed by atoms with Gasteiger partial charge in [0.15, 0.2) is 11.6 Å². The molecule has 0 fully saturated rings. The number of rotatable bonds is 13. The molecule has 1 unspecified atom stereocenters. The molecule has 3 N–H and O–H groups in total. The summed E-state index contributed by atoms with van der Waals surface area (Å²) in [6.07, 6.45) is 0.208. The van der Waals surface area contributed by atoms with Crippen LogP contribution in [0.2, 0.25) is 0 Å². The zero-order valence-corrected chi connectivity index (χ0v) is 23.7. The number of carboxylic acid groups (broad SMARTS) is 1. The van der Waals surface area contributed by atoms with E-state index in [2.05, 4.69) is 10.6 Å². The van der Waals surface area contributed by atoms with Gasteiger partial charge >= 0.3 is 5.97 Å². The third kappa shape index (κ3) is 7.08. The highest BCUT2D eigenvalue weighted by molar-refractivity contribution is 6.12. The Morgan fingerprint density at radius 3 is 2.21 bits per heavy atom. The fourth-order valence-electron chi connectivity index (χ4n) is 5.00. The van der Waals surface area contributed by atoms with Crippen LogP contribution in [0.15, 0.2) is 115 Å². The number of anilines is 2. The Balaban J connectivity index is 1.20. The van der Waals surface area contributed by atoms with E-state index in [0.29, 0.717) is 41.3 Å². The molecule has 43 heavy (non-hydrogen) atoms. The van der Waals surface area contributed by atoms with Crippen molar-refractivity contribution in [2.75, 3.05) is 23.8 Å². The van der Waals surface area contributed by atoms with Gasteiger partial charge in [-0.05, 0) is 48.2 Å². The maximum Gasteiger partial charge on any atom is 0.326 e. The maximum absolute atomic E-state index is 13.1. The summed E-state index contributed by atoms with van der Waals surface area (Å²) in [5.41, 5.74) is 3.65. The summed E-state index contributed by atoms with van der Waals surface area (Å²) in [4.78, 5) is 37.4. The van der Waals surface area contributed by atoms with Gasteiger partial charge in [-0.3, -0.25) is 9.59 Å². The first-order chi connectivity index (χ1) is 20.9. The van der Waals surface area contributed by atoms with E-state index in [4.69, 9.17) is 4.74 Å². The third-order valence-corrected chi connectivity index (χ3v) is 7.18. The van der Waals surface area contributed by atoms with Crippen molar-refractivity contribution in [2.24, 2.45) is 0 Å². The molecule has 7 heteroatoms. The van der Waals surface area contributed by atoms with Crippen LogP contribution in [0, 0.1) is 0 Å². The van der Waals surface area contributed by atoms with Crippen LogP contribution >= 0.6 is 0 Å². The molecule has 0 aliphatic carbocycles. The number of hydrogen-bond acceptors (Lipinski definition) is 6. The molecule has 0 radical (unpaired) electrons. The Bertz CT molecular complexity index is 1750. The van der Waals surface area contributed by atoms with Crippen molar-refractivity contribution in [3.05, 3.63) is 138 Å². The second-order valence-electron chi connectivity index (χ2n) is 10.2. The summed E-state index contributed by atoms with van der Waals surface area (Å²) in [6.45, 7) is 2.41. The average Bonchev–Trinajstić information content (AvgIpc) is 3.03. The molecular formula is C36H32N2O5. The predicted octanol–water partition coefficient (Wildman–Crippen LogP) is 6.87. The first-order valence-electron chi connectivity index (χ1n) is 14.1. The van der Waals surface area contributed by atoms with Crippen LogP contribution < -0.4 is 15.4 Å². The van der Waals surface area contributed by atoms with Crippen molar-refractivity contribution in [2.45, 2.75) is 19.4 Å². The van der Waals surface area contributed by atoms with Crippen LogP contribution in [-0.2, 0) is 11.2 Å². The van der Waals surface area contributed by atoms with Crippen LogP contribution in [0.4, 0.5) is 11.4 Å². The van der Waals surface area contributed by atoms with Crippen LogP contribution in [-0.4, -0.2) is 41.8 Å². The minimum absolute atomic E-state index is 0.00908. The topological polar surface area (TPSA) is 105 Å². The van der Waals surface area contributed by atoms with E-state index in [-0.39, 0.29) is 18.0 Å². The Hall–Kier alpha value is -5.43. The van der Waals surface area contributed by atoms with Crippen LogP contribution in [0.25, 0.3) is 10.8 Å². The number of carbonyl (C=O) groups is 3. The smallest absolute Gasteiger partial charge is 0.326 e. The number of Topliss-reactive ketones (excluding diaryl/α,β-unsaturated/α-hetero) is 1. The van der Waals surface area contributed by atoms with Gasteiger partial charge in [0.1, 0.15) is 18.4 Å². The lowest BCUT2D eigenvalue weighted by Crippen LogP contribution is -2.32. The summed E-state index contributed by atoms with van der Waals surface area (Å²) in [6, 6.07) is 33.9. The number of carboxylic acids is 1. The molecule has 5 aromatic rings. The summed E-state index contributed by atoms with van der Waals surface area (Å²) < 4.78 is 5.91. The summed E-state index contributed by atoms with van der Waals surface area (Å²) in [7, 11) is 0. The number of hydrogen-bond donors (Lipinski definition) is 3. The molecule has 0 bridgehead atoms. The number of nitrogens with one attached hydrogen (secondary N) is 2. The first kappa shape index (κ1) is 29.1. The van der Waals surface area contributed by atoms with Crippen LogP contribution in [0.3, 0.4) is 0 Å². The molecule has 1 atom stereocenters. The molecule has 0 aliphatic rings. The second-order valence-corrected chi connectivity index (χ2v) is 10.2. The van der Waals surface area contributed by atoms with E-state index < -0.39 is 12.0 Å². The molecule has 5 rings (SSSR count). The summed E-state index contributed by atoms with van der Waals surface area (Å²) >= 11 is 0. The van der Waals surface area contributed by atoms with Gasteiger partial charge in [0.25, 0.3) is 0 Å². The molecule has 0 saturated carbocycles. The number of carbonyl (C=O) groups excluding carboxylic acids is 2. The van der Waals surface area contributed by atoms with E-state index in [1.165, 1.54) is 0 Å². The molecule has 216 valence electrons. The minimum atomic E-state index is -1.02. The molecule has 0 spiro atoms. The van der Waals surface area contributed by atoms with Crippen molar-refractivity contribution >= 4 is 39.7 Å². The molecule has 7 nitrogen and oxygen atoms in total. The Morgan fingerprint density at radius 1 is 0.767 bits per heavy atom. The Morgan fingerprint density at radius 2 is 1.47 bits per heavy atom. The lowest BCUT2D eigenvalue weighted by molar-refractivity contribution is -0.137. The van der Waals surface area contributed by atoms with Gasteiger partial charge in [-0.15, -0.1) is 0 Å². The highest BCUT2D eigenvalue weighted by atomic mass is 16.5. The van der Waals surface area contributed by atoms with Gasteiger partial charge in [-0.1, -0.05) is 84.9 Å². The van der Waals surface area contributed by atoms with Gasteiger partial charge in [0.2, 0.25) is 0 Å². The number of para-hydroxylation sites is 1. The van der Waals surface area contributed by atoms with Gasteiger partial charge in [-0.25, -0.2) is 4.79 Å². The monoisotopic (exact) mass is 572 g/mol. The molecule has 0 saturated heterocycles. The zero-order chi connectivity index (χ0) is 30.2. The van der Waals surface area contributed by atoms with Gasteiger partial charge < -0.3 is 20.5 Å². The summed E-state index contributed by atoms with van der Waals surface area (Å²) in [5, 5.41) is 18.4. The zero-order valence-electron chi connectivity index (χ0n) is 23.7. The predicted molar refractivity (Wildman–Crippen MR) is 169 cm³/mol. The normalized spacial score (nSPS) is 11.5. The van der Waals surface area contributed by atoms with E-state index in [0.717, 1.165) is 22.0 Å². The lowest BCUT2D eigenvalue weighted by Gasteiger charge is -2.18. The largest absolute Gasteiger partial charge is 0.492 e. The van der Waals surface area contributed by atoms with Crippen LogP contribution in [0.5, 0.6) is 5.75 Å². The fraction of sp³-hybridized carbons (Fsp3) is 0.139. The fourth-order valence-corrected chi connectivity index (χ4v) is 5.00. The van der Waals surface area contributed by atoms with E-state index >= 15 is 0 Å². The van der Waals surface area contributed by atoms with Gasteiger partial charge in [0, 0.05) is 40.7 Å². The highest BCUT2D eigenvalue weighted by Crippen LogP contribution is 2.28. The molecule has 5 aromatic carbocycles. The third-order valence-electron chi connectivity index (χ3n) is 7.18. The Labute approximate surface area is 250 Å². The second kappa shape index (κ2) is 13.5. The number of ketones is 2. The molecule has 0 aliphatic heterocycles. The SMILES string of the molecule is CC(=O)c1ccc2ccccc2c1NCCOc1ccc(CC(Nc2ccccc2C(=O)c2ccccc2)C(=O)O)cc1. The quantitative estimate of drug-likeness (QED) is 0.104. The summed E-state index contributed by atoms with van der Waals surface area (Å²) in [5.74, 6) is -0.562. The van der Waals surface area contributed by atoms with Crippen LogP contribution in [0.1, 0.15) is 38.8 Å².